The van der Waals surface area contributed by atoms with Gasteiger partial charge in [0.25, 0.3) is 5.91 Å². The van der Waals surface area contributed by atoms with E-state index in [-0.39, 0.29) is 42.3 Å². The molecular formula is C11H16Cl2FN3O. The van der Waals surface area contributed by atoms with E-state index in [0.29, 0.717) is 0 Å². The number of piperidine rings is 1. The van der Waals surface area contributed by atoms with Crippen molar-refractivity contribution >= 4 is 30.7 Å². The molecule has 18 heavy (non-hydrogen) atoms. The van der Waals surface area contributed by atoms with Crippen LogP contribution < -0.4 is 10.6 Å². The first kappa shape index (κ1) is 17.1. The van der Waals surface area contributed by atoms with Crippen LogP contribution in [0.2, 0.25) is 0 Å². The van der Waals surface area contributed by atoms with Gasteiger partial charge in [-0.1, -0.05) is 0 Å². The highest BCUT2D eigenvalue weighted by Gasteiger charge is 2.16. The minimum atomic E-state index is -0.491. The van der Waals surface area contributed by atoms with Crippen molar-refractivity contribution in [1.29, 1.82) is 0 Å². The fraction of sp³-hybridized carbons (Fsp3) is 0.455. The van der Waals surface area contributed by atoms with E-state index in [0.717, 1.165) is 32.1 Å². The van der Waals surface area contributed by atoms with Gasteiger partial charge in [0.15, 0.2) is 0 Å². The largest absolute Gasteiger partial charge is 0.348 e. The summed E-state index contributed by atoms with van der Waals surface area (Å²) in [7, 11) is 0. The van der Waals surface area contributed by atoms with Gasteiger partial charge in [0.05, 0.1) is 11.8 Å². The average molecular weight is 296 g/mol. The Morgan fingerprint density at radius 3 is 2.83 bits per heavy atom. The summed E-state index contributed by atoms with van der Waals surface area (Å²) in [5, 5.41) is 6.05. The zero-order valence-corrected chi connectivity index (χ0v) is 11.3. The molecule has 1 aromatic heterocycles. The Morgan fingerprint density at radius 1 is 1.44 bits per heavy atom. The van der Waals surface area contributed by atoms with E-state index >= 15 is 0 Å². The molecule has 102 valence electrons. The maximum absolute atomic E-state index is 12.9. The van der Waals surface area contributed by atoms with Crippen molar-refractivity contribution in [3.05, 3.63) is 29.8 Å². The van der Waals surface area contributed by atoms with Gasteiger partial charge in [-0.05, 0) is 25.5 Å². The second kappa shape index (κ2) is 8.24. The second-order valence-electron chi connectivity index (χ2n) is 3.91. The van der Waals surface area contributed by atoms with Gasteiger partial charge in [0, 0.05) is 18.8 Å². The van der Waals surface area contributed by atoms with E-state index in [2.05, 4.69) is 15.6 Å². The first-order chi connectivity index (χ1) is 7.75. The van der Waals surface area contributed by atoms with Crippen molar-refractivity contribution in [2.75, 3.05) is 13.1 Å². The van der Waals surface area contributed by atoms with Crippen molar-refractivity contribution in [1.82, 2.24) is 15.6 Å². The lowest BCUT2D eigenvalue weighted by molar-refractivity contribution is 0.0930. The Bertz CT molecular complexity index is 386. The molecule has 1 aromatic rings. The highest BCUT2D eigenvalue weighted by Crippen LogP contribution is 2.05. The molecule has 0 spiro atoms. The number of halogens is 3. The molecule has 7 heteroatoms. The number of hydrogen-bond donors (Lipinski definition) is 2. The highest BCUT2D eigenvalue weighted by molar-refractivity contribution is 5.94. The van der Waals surface area contributed by atoms with Crippen LogP contribution in [0, 0.1) is 5.82 Å². The average Bonchev–Trinajstić information content (AvgIpc) is 2.30. The molecule has 1 saturated heterocycles. The molecule has 1 amide bonds. The highest BCUT2D eigenvalue weighted by atomic mass is 35.5. The summed E-state index contributed by atoms with van der Waals surface area (Å²) in [6.07, 6.45) is 4.46. The molecule has 1 unspecified atom stereocenters. The third-order valence-electron chi connectivity index (χ3n) is 2.60. The van der Waals surface area contributed by atoms with Gasteiger partial charge in [-0.3, -0.25) is 9.78 Å². The van der Waals surface area contributed by atoms with Gasteiger partial charge in [-0.15, -0.1) is 24.8 Å². The molecule has 2 rings (SSSR count). The molecule has 4 nitrogen and oxygen atoms in total. The fourth-order valence-electron chi connectivity index (χ4n) is 1.78. The Kier molecular flexibility index (Phi) is 7.82. The van der Waals surface area contributed by atoms with Crippen molar-refractivity contribution < 1.29 is 9.18 Å². The third-order valence-corrected chi connectivity index (χ3v) is 2.60. The lowest BCUT2D eigenvalue weighted by Gasteiger charge is -2.23. The van der Waals surface area contributed by atoms with Crippen LogP contribution in [0.4, 0.5) is 4.39 Å². The molecule has 2 N–H and O–H groups in total. The maximum Gasteiger partial charge on any atom is 0.253 e. The van der Waals surface area contributed by atoms with Crippen LogP contribution in [0.1, 0.15) is 23.2 Å². The number of carbonyl (C=O) groups is 1. The Balaban J connectivity index is 0.00000144. The fourth-order valence-corrected chi connectivity index (χ4v) is 1.78. The molecule has 1 atom stereocenters. The van der Waals surface area contributed by atoms with Crippen molar-refractivity contribution in [2.24, 2.45) is 0 Å². The molecular weight excluding hydrogens is 280 g/mol. The standard InChI is InChI=1S/C11H14FN3O.2ClH/c12-9-4-8(5-14-6-9)11(16)15-10-2-1-3-13-7-10;;/h4-6,10,13H,1-3,7H2,(H,15,16);2*1H. The number of amides is 1. The zero-order chi connectivity index (χ0) is 11.4. The van der Waals surface area contributed by atoms with E-state index in [1.54, 1.807) is 0 Å². The third kappa shape index (κ3) is 4.76. The van der Waals surface area contributed by atoms with Gasteiger partial charge in [0.1, 0.15) is 5.82 Å². The first-order valence-corrected chi connectivity index (χ1v) is 5.38. The summed E-state index contributed by atoms with van der Waals surface area (Å²) in [6, 6.07) is 1.32. The van der Waals surface area contributed by atoms with Crippen molar-refractivity contribution in [2.45, 2.75) is 18.9 Å². The molecule has 1 fully saturated rings. The molecule has 0 radical (unpaired) electrons. The quantitative estimate of drug-likeness (QED) is 0.870. The van der Waals surface area contributed by atoms with Crippen LogP contribution >= 0.6 is 24.8 Å². The smallest absolute Gasteiger partial charge is 0.253 e. The molecule has 0 bridgehead atoms. The molecule has 0 aliphatic carbocycles. The van der Waals surface area contributed by atoms with Gasteiger partial charge in [0.2, 0.25) is 0 Å². The summed E-state index contributed by atoms with van der Waals surface area (Å²) < 4.78 is 12.9. The SMILES string of the molecule is Cl.Cl.O=C(NC1CCCNC1)c1cncc(F)c1. The predicted octanol–water partition coefficient (Wildman–Crippen LogP) is 1.55. The minimum Gasteiger partial charge on any atom is -0.348 e. The summed E-state index contributed by atoms with van der Waals surface area (Å²) in [6.45, 7) is 1.77. The molecule has 0 aromatic carbocycles. The van der Waals surface area contributed by atoms with Gasteiger partial charge >= 0.3 is 0 Å². The summed E-state index contributed by atoms with van der Waals surface area (Å²) in [5.74, 6) is -0.755. The maximum atomic E-state index is 12.9. The molecule has 0 saturated carbocycles. The van der Waals surface area contributed by atoms with E-state index in [1.165, 1.54) is 12.3 Å². The number of hydrogen-bond acceptors (Lipinski definition) is 3. The van der Waals surface area contributed by atoms with E-state index < -0.39 is 5.82 Å². The number of aromatic nitrogens is 1. The second-order valence-corrected chi connectivity index (χ2v) is 3.91. The summed E-state index contributed by atoms with van der Waals surface area (Å²) in [5.41, 5.74) is 0.269. The number of rotatable bonds is 2. The molecule has 2 heterocycles. The monoisotopic (exact) mass is 295 g/mol. The minimum absolute atomic E-state index is 0. The Hall–Kier alpha value is -0.910. The number of nitrogens with one attached hydrogen (secondary N) is 2. The van der Waals surface area contributed by atoms with Crippen molar-refractivity contribution in [3.63, 3.8) is 0 Å². The summed E-state index contributed by atoms with van der Waals surface area (Å²) in [4.78, 5) is 15.4. The normalized spacial score (nSPS) is 18.2. The number of carbonyl (C=O) groups excluding carboxylic acids is 1. The number of nitrogens with zero attached hydrogens (tertiary/aromatic N) is 1. The van der Waals surface area contributed by atoms with Crippen LogP contribution in [-0.2, 0) is 0 Å². The van der Waals surface area contributed by atoms with Crippen LogP contribution in [0.15, 0.2) is 18.5 Å². The number of pyridine rings is 1. The van der Waals surface area contributed by atoms with Crippen LogP contribution in [-0.4, -0.2) is 30.0 Å². The van der Waals surface area contributed by atoms with E-state index in [1.807, 2.05) is 0 Å². The Labute approximate surface area is 118 Å². The molecule has 1 aliphatic rings. The van der Waals surface area contributed by atoms with Crippen LogP contribution in [0.25, 0.3) is 0 Å². The van der Waals surface area contributed by atoms with Gasteiger partial charge in [-0.2, -0.15) is 0 Å². The zero-order valence-electron chi connectivity index (χ0n) is 9.69. The summed E-state index contributed by atoms with van der Waals surface area (Å²) >= 11 is 0. The van der Waals surface area contributed by atoms with Crippen LogP contribution in [0.5, 0.6) is 0 Å². The molecule has 1 aliphatic heterocycles. The van der Waals surface area contributed by atoms with E-state index in [4.69, 9.17) is 0 Å². The van der Waals surface area contributed by atoms with E-state index in [9.17, 15) is 9.18 Å². The van der Waals surface area contributed by atoms with Gasteiger partial charge < -0.3 is 10.6 Å². The van der Waals surface area contributed by atoms with Crippen molar-refractivity contribution in [3.8, 4) is 0 Å². The van der Waals surface area contributed by atoms with Crippen LogP contribution in [0.3, 0.4) is 0 Å². The topological polar surface area (TPSA) is 54.0 Å². The lowest BCUT2D eigenvalue weighted by Crippen LogP contribution is -2.45. The predicted molar refractivity (Wildman–Crippen MR) is 72.0 cm³/mol. The lowest BCUT2D eigenvalue weighted by atomic mass is 10.1. The van der Waals surface area contributed by atoms with Gasteiger partial charge in [-0.25, -0.2) is 4.39 Å². The first-order valence-electron chi connectivity index (χ1n) is 5.38. The Morgan fingerprint density at radius 2 is 2.22 bits per heavy atom.